The highest BCUT2D eigenvalue weighted by Gasteiger charge is 2.09. The Kier molecular flexibility index (Phi) is 3.77. The molecule has 0 bridgehead atoms. The summed E-state index contributed by atoms with van der Waals surface area (Å²) in [5, 5.41) is 0. The molecule has 4 N–H and O–H groups in total. The Morgan fingerprint density at radius 2 is 1.65 bits per heavy atom. The van der Waals surface area contributed by atoms with Crippen molar-refractivity contribution in [2.75, 3.05) is 11.5 Å². The van der Waals surface area contributed by atoms with E-state index in [1.54, 1.807) is 30.3 Å². The molecule has 0 aliphatic carbocycles. The van der Waals surface area contributed by atoms with Crippen LogP contribution in [0.3, 0.4) is 0 Å². The van der Waals surface area contributed by atoms with Crippen molar-refractivity contribution < 1.29 is 14.3 Å². The van der Waals surface area contributed by atoms with Gasteiger partial charge in [0.15, 0.2) is 0 Å². The Morgan fingerprint density at radius 3 is 2.30 bits per heavy atom. The van der Waals surface area contributed by atoms with Gasteiger partial charge in [-0.15, -0.1) is 6.42 Å². The smallest absolute Gasteiger partial charge is 0.399 e. The van der Waals surface area contributed by atoms with E-state index in [9.17, 15) is 4.79 Å². The second-order valence-electron chi connectivity index (χ2n) is 3.96. The minimum atomic E-state index is -0.899. The number of nitrogen functional groups attached to an aromatic ring is 2. The number of hydrogen-bond donors (Lipinski definition) is 2. The van der Waals surface area contributed by atoms with Crippen LogP contribution >= 0.6 is 0 Å². The summed E-state index contributed by atoms with van der Waals surface area (Å²) >= 11 is 0. The monoisotopic (exact) mass is 268 g/mol. The Hall–Kier alpha value is -3.13. The minimum absolute atomic E-state index is 0.209. The first-order chi connectivity index (χ1) is 9.56. The highest BCUT2D eigenvalue weighted by Crippen LogP contribution is 2.21. The van der Waals surface area contributed by atoms with E-state index < -0.39 is 6.16 Å². The van der Waals surface area contributed by atoms with Gasteiger partial charge in [0.1, 0.15) is 11.5 Å². The third-order valence-electron chi connectivity index (χ3n) is 2.35. The standard InChI is InChI=1S/C15H12N2O3/c1-2-10-4-3-5-13(6-10)19-15(18)20-14-8-11(16)7-12(17)9-14/h1,3-9H,16-17H2. The molecule has 0 spiro atoms. The zero-order valence-corrected chi connectivity index (χ0v) is 10.5. The van der Waals surface area contributed by atoms with Gasteiger partial charge >= 0.3 is 6.16 Å². The quantitative estimate of drug-likeness (QED) is 0.378. The van der Waals surface area contributed by atoms with Crippen LogP contribution in [0.15, 0.2) is 42.5 Å². The summed E-state index contributed by atoms with van der Waals surface area (Å²) in [6.45, 7) is 0. The number of nitrogens with two attached hydrogens (primary N) is 2. The molecule has 20 heavy (non-hydrogen) atoms. The number of terminal acetylenes is 1. The lowest BCUT2D eigenvalue weighted by Gasteiger charge is -2.07. The average Bonchev–Trinajstić information content (AvgIpc) is 2.37. The number of rotatable bonds is 2. The zero-order chi connectivity index (χ0) is 14.5. The van der Waals surface area contributed by atoms with Gasteiger partial charge in [0.05, 0.1) is 0 Å². The molecule has 0 amide bonds. The number of benzene rings is 2. The fraction of sp³-hybridized carbons (Fsp3) is 0. The lowest BCUT2D eigenvalue weighted by Crippen LogP contribution is -2.14. The van der Waals surface area contributed by atoms with Crippen LogP contribution in [-0.2, 0) is 0 Å². The lowest BCUT2D eigenvalue weighted by atomic mass is 10.2. The van der Waals surface area contributed by atoms with Crippen molar-refractivity contribution in [2.24, 2.45) is 0 Å². The number of carbonyl (C=O) groups excluding carboxylic acids is 1. The number of carbonyl (C=O) groups is 1. The lowest BCUT2D eigenvalue weighted by molar-refractivity contribution is 0.152. The fourth-order valence-corrected chi connectivity index (χ4v) is 1.57. The van der Waals surface area contributed by atoms with Crippen molar-refractivity contribution in [1.82, 2.24) is 0 Å². The van der Waals surface area contributed by atoms with Gasteiger partial charge in [-0.2, -0.15) is 0 Å². The summed E-state index contributed by atoms with van der Waals surface area (Å²) in [5.41, 5.74) is 12.6. The maximum absolute atomic E-state index is 11.6. The highest BCUT2D eigenvalue weighted by atomic mass is 16.7. The maximum atomic E-state index is 11.6. The molecule has 0 aliphatic rings. The van der Waals surface area contributed by atoms with Gasteiger partial charge in [0.25, 0.3) is 0 Å². The van der Waals surface area contributed by atoms with Crippen molar-refractivity contribution in [1.29, 1.82) is 0 Å². The van der Waals surface area contributed by atoms with E-state index in [2.05, 4.69) is 5.92 Å². The van der Waals surface area contributed by atoms with Gasteiger partial charge in [-0.05, 0) is 24.3 Å². The van der Waals surface area contributed by atoms with Crippen LogP contribution in [-0.4, -0.2) is 6.16 Å². The molecule has 2 aromatic rings. The van der Waals surface area contributed by atoms with Crippen molar-refractivity contribution in [2.45, 2.75) is 0 Å². The predicted molar refractivity (Wildman–Crippen MR) is 76.3 cm³/mol. The fourth-order valence-electron chi connectivity index (χ4n) is 1.57. The largest absolute Gasteiger partial charge is 0.519 e. The SMILES string of the molecule is C#Cc1cccc(OC(=O)Oc2cc(N)cc(N)c2)c1. The van der Waals surface area contributed by atoms with Crippen LogP contribution in [0.25, 0.3) is 0 Å². The van der Waals surface area contributed by atoms with Crippen LogP contribution in [0.4, 0.5) is 16.2 Å². The Balaban J connectivity index is 2.07. The van der Waals surface area contributed by atoms with Gasteiger partial charge < -0.3 is 20.9 Å². The summed E-state index contributed by atoms with van der Waals surface area (Å²) in [4.78, 5) is 11.6. The van der Waals surface area contributed by atoms with E-state index in [-0.39, 0.29) is 5.75 Å². The molecule has 5 heteroatoms. The van der Waals surface area contributed by atoms with Crippen molar-refractivity contribution in [3.63, 3.8) is 0 Å². The van der Waals surface area contributed by atoms with Crippen LogP contribution < -0.4 is 20.9 Å². The van der Waals surface area contributed by atoms with E-state index >= 15 is 0 Å². The Bertz CT molecular complexity index is 670. The molecule has 0 saturated carbocycles. The molecule has 0 heterocycles. The first kappa shape index (κ1) is 13.3. The Morgan fingerprint density at radius 1 is 1.00 bits per heavy atom. The molecule has 0 atom stereocenters. The van der Waals surface area contributed by atoms with E-state index in [0.717, 1.165) is 0 Å². The summed E-state index contributed by atoms with van der Waals surface area (Å²) in [6, 6.07) is 11.0. The molecule has 0 fully saturated rings. The molecule has 0 radical (unpaired) electrons. The Labute approximate surface area is 116 Å². The summed E-state index contributed by atoms with van der Waals surface area (Å²) in [7, 11) is 0. The van der Waals surface area contributed by atoms with Gasteiger partial charge in [0, 0.05) is 29.1 Å². The molecule has 5 nitrogen and oxygen atoms in total. The molecular formula is C15H12N2O3. The third-order valence-corrected chi connectivity index (χ3v) is 2.35. The average molecular weight is 268 g/mol. The molecule has 0 saturated heterocycles. The van der Waals surface area contributed by atoms with Gasteiger partial charge in [-0.3, -0.25) is 0 Å². The van der Waals surface area contributed by atoms with Crippen LogP contribution in [0, 0.1) is 12.3 Å². The van der Waals surface area contributed by atoms with Crippen molar-refractivity contribution in [3.8, 4) is 23.8 Å². The zero-order valence-electron chi connectivity index (χ0n) is 10.5. The minimum Gasteiger partial charge on any atom is -0.399 e. The van der Waals surface area contributed by atoms with Crippen LogP contribution in [0.1, 0.15) is 5.56 Å². The van der Waals surface area contributed by atoms with E-state index in [1.165, 1.54) is 12.1 Å². The number of hydrogen-bond acceptors (Lipinski definition) is 5. The van der Waals surface area contributed by atoms with E-state index in [1.807, 2.05) is 0 Å². The number of anilines is 2. The molecule has 0 aliphatic heterocycles. The van der Waals surface area contributed by atoms with Gasteiger partial charge in [-0.1, -0.05) is 12.0 Å². The molecule has 0 aromatic heterocycles. The number of ether oxygens (including phenoxy) is 2. The van der Waals surface area contributed by atoms with Crippen molar-refractivity contribution >= 4 is 17.5 Å². The van der Waals surface area contributed by atoms with Gasteiger partial charge in [0.2, 0.25) is 0 Å². The maximum Gasteiger partial charge on any atom is 0.519 e. The summed E-state index contributed by atoms with van der Waals surface area (Å²) < 4.78 is 9.98. The van der Waals surface area contributed by atoms with Crippen molar-refractivity contribution in [3.05, 3.63) is 48.0 Å². The first-order valence-corrected chi connectivity index (χ1v) is 5.69. The second-order valence-corrected chi connectivity index (χ2v) is 3.96. The molecule has 100 valence electrons. The third kappa shape index (κ3) is 3.43. The van der Waals surface area contributed by atoms with Gasteiger partial charge in [-0.25, -0.2) is 4.79 Å². The summed E-state index contributed by atoms with van der Waals surface area (Å²) in [5.74, 6) is 2.94. The van der Waals surface area contributed by atoms with Crippen LogP contribution in [0.2, 0.25) is 0 Å². The topological polar surface area (TPSA) is 87.6 Å². The first-order valence-electron chi connectivity index (χ1n) is 5.69. The molecular weight excluding hydrogens is 256 g/mol. The highest BCUT2D eigenvalue weighted by molar-refractivity contribution is 5.69. The van der Waals surface area contributed by atoms with Crippen LogP contribution in [0.5, 0.6) is 11.5 Å². The summed E-state index contributed by atoms with van der Waals surface area (Å²) in [6.07, 6.45) is 4.36. The molecule has 2 aromatic carbocycles. The molecule has 2 rings (SSSR count). The van der Waals surface area contributed by atoms with E-state index in [0.29, 0.717) is 22.7 Å². The van der Waals surface area contributed by atoms with E-state index in [4.69, 9.17) is 27.4 Å². The normalized spacial score (nSPS) is 9.55. The predicted octanol–water partition coefficient (Wildman–Crippen LogP) is 2.41. The second kappa shape index (κ2) is 5.67. The molecule has 0 unspecified atom stereocenters.